The summed E-state index contributed by atoms with van der Waals surface area (Å²) in [7, 11) is 0. The van der Waals surface area contributed by atoms with Crippen LogP contribution in [0.2, 0.25) is 0 Å². The molecule has 0 saturated heterocycles. The highest BCUT2D eigenvalue weighted by Crippen LogP contribution is 2.24. The zero-order chi connectivity index (χ0) is 16.4. The molecule has 0 unspecified atom stereocenters. The van der Waals surface area contributed by atoms with Crippen LogP contribution in [0.5, 0.6) is 0 Å². The number of hydrogen-bond acceptors (Lipinski definition) is 3. The van der Waals surface area contributed by atoms with Crippen LogP contribution in [0.15, 0.2) is 55.1 Å². The van der Waals surface area contributed by atoms with E-state index in [1.807, 2.05) is 56.1 Å². The van der Waals surface area contributed by atoms with Gasteiger partial charge >= 0.3 is 0 Å². The fourth-order valence-corrected chi connectivity index (χ4v) is 2.62. The minimum atomic E-state index is 0.799. The van der Waals surface area contributed by atoms with Crippen LogP contribution in [0.25, 0.3) is 27.5 Å². The molecule has 116 valence electrons. The molecule has 0 aliphatic rings. The number of aryl methyl sites for hydroxylation is 1. The average Bonchev–Trinajstić information content (AvgIpc) is 3.01. The number of pyridine rings is 2. The normalized spacial score (nSPS) is 10.6. The number of fused-ring (bicyclic) bond motifs is 2. The van der Waals surface area contributed by atoms with Crippen LogP contribution in [0.3, 0.4) is 0 Å². The standard InChI is InChI=1S/C17H14N4.C2H6/c1-11-6-13-8-17(20-9-14(13)7-15(11)18)21-5-3-12-2-4-19-10-16(12)21;1-2/h2-10H,18H2,1H3;1-2H3. The lowest BCUT2D eigenvalue weighted by molar-refractivity contribution is 1.05. The summed E-state index contributed by atoms with van der Waals surface area (Å²) in [6.07, 6.45) is 7.54. The van der Waals surface area contributed by atoms with Crippen molar-refractivity contribution >= 4 is 27.4 Å². The van der Waals surface area contributed by atoms with Gasteiger partial charge in [0.2, 0.25) is 0 Å². The van der Waals surface area contributed by atoms with Gasteiger partial charge in [0.25, 0.3) is 0 Å². The minimum Gasteiger partial charge on any atom is -0.398 e. The fraction of sp³-hybridized carbons (Fsp3) is 0.158. The van der Waals surface area contributed by atoms with Gasteiger partial charge in [-0.05, 0) is 48.2 Å². The van der Waals surface area contributed by atoms with Crippen LogP contribution in [0.1, 0.15) is 19.4 Å². The van der Waals surface area contributed by atoms with Gasteiger partial charge in [-0.2, -0.15) is 0 Å². The smallest absolute Gasteiger partial charge is 0.137 e. The maximum atomic E-state index is 5.95. The predicted octanol–water partition coefficient (Wildman–Crippen LogP) is 4.49. The summed E-state index contributed by atoms with van der Waals surface area (Å²) in [5.41, 5.74) is 8.88. The lowest BCUT2D eigenvalue weighted by atomic mass is 10.1. The van der Waals surface area contributed by atoms with Gasteiger partial charge in [0.1, 0.15) is 5.82 Å². The van der Waals surface area contributed by atoms with Crippen LogP contribution in [0, 0.1) is 6.92 Å². The first kappa shape index (κ1) is 15.0. The Bertz CT molecular complexity index is 970. The van der Waals surface area contributed by atoms with Crippen LogP contribution in [-0.2, 0) is 0 Å². The molecular weight excluding hydrogens is 284 g/mol. The quantitative estimate of drug-likeness (QED) is 0.527. The Morgan fingerprint density at radius 3 is 2.61 bits per heavy atom. The van der Waals surface area contributed by atoms with Crippen molar-refractivity contribution in [3.63, 3.8) is 0 Å². The molecule has 0 saturated carbocycles. The molecule has 3 aromatic heterocycles. The first-order valence-corrected chi connectivity index (χ1v) is 7.80. The molecule has 2 N–H and O–H groups in total. The Hall–Kier alpha value is -2.88. The Balaban J connectivity index is 0.000000753. The summed E-state index contributed by atoms with van der Waals surface area (Å²) in [5, 5.41) is 3.34. The summed E-state index contributed by atoms with van der Waals surface area (Å²) in [4.78, 5) is 8.74. The molecule has 4 aromatic rings. The van der Waals surface area contributed by atoms with Crippen molar-refractivity contribution in [3.8, 4) is 5.82 Å². The topological polar surface area (TPSA) is 56.7 Å². The van der Waals surface area contributed by atoms with Gasteiger partial charge in [-0.3, -0.25) is 9.55 Å². The molecule has 0 atom stereocenters. The average molecular weight is 304 g/mol. The molecule has 3 heterocycles. The third kappa shape index (κ3) is 2.63. The zero-order valence-corrected chi connectivity index (χ0v) is 13.6. The highest BCUT2D eigenvalue weighted by atomic mass is 15.1. The number of hydrogen-bond donors (Lipinski definition) is 1. The van der Waals surface area contributed by atoms with Crippen molar-refractivity contribution in [1.82, 2.24) is 14.5 Å². The molecule has 4 nitrogen and oxygen atoms in total. The number of anilines is 1. The summed E-state index contributed by atoms with van der Waals surface area (Å²) in [6, 6.07) is 10.2. The molecule has 4 heteroatoms. The molecule has 0 bridgehead atoms. The first-order valence-electron chi connectivity index (χ1n) is 7.80. The van der Waals surface area contributed by atoms with Crippen LogP contribution >= 0.6 is 0 Å². The lowest BCUT2D eigenvalue weighted by Crippen LogP contribution is -1.96. The van der Waals surface area contributed by atoms with E-state index < -0.39 is 0 Å². The van der Waals surface area contributed by atoms with Crippen molar-refractivity contribution in [2.45, 2.75) is 20.8 Å². The summed E-state index contributed by atoms with van der Waals surface area (Å²) >= 11 is 0. The van der Waals surface area contributed by atoms with Crippen molar-refractivity contribution < 1.29 is 0 Å². The van der Waals surface area contributed by atoms with Gasteiger partial charge in [-0.15, -0.1) is 0 Å². The summed E-state index contributed by atoms with van der Waals surface area (Å²) in [5.74, 6) is 0.884. The van der Waals surface area contributed by atoms with Crippen molar-refractivity contribution in [2.75, 3.05) is 5.73 Å². The Morgan fingerprint density at radius 2 is 1.78 bits per heavy atom. The van der Waals surface area contributed by atoms with Gasteiger partial charge in [-0.1, -0.05) is 13.8 Å². The van der Waals surface area contributed by atoms with Crippen molar-refractivity contribution in [3.05, 3.63) is 60.7 Å². The second-order valence-corrected chi connectivity index (χ2v) is 5.22. The SMILES string of the molecule is CC.Cc1cc2cc(-n3ccc4ccncc43)ncc2cc1N. The molecule has 0 amide bonds. The maximum Gasteiger partial charge on any atom is 0.137 e. The molecule has 4 rings (SSSR count). The molecule has 23 heavy (non-hydrogen) atoms. The monoisotopic (exact) mass is 304 g/mol. The predicted molar refractivity (Wildman–Crippen MR) is 96.9 cm³/mol. The molecule has 0 aliphatic heterocycles. The number of nitrogens with two attached hydrogens (primary N) is 1. The number of nitrogens with zero attached hydrogens (tertiary/aromatic N) is 3. The van der Waals surface area contributed by atoms with Gasteiger partial charge < -0.3 is 5.73 Å². The van der Waals surface area contributed by atoms with Gasteiger partial charge in [0.05, 0.1) is 11.7 Å². The summed E-state index contributed by atoms with van der Waals surface area (Å²) in [6.45, 7) is 6.02. The number of nitrogen functional groups attached to an aromatic ring is 1. The Kier molecular flexibility index (Phi) is 3.98. The van der Waals surface area contributed by atoms with E-state index >= 15 is 0 Å². The molecule has 0 spiro atoms. The van der Waals surface area contributed by atoms with Crippen LogP contribution in [-0.4, -0.2) is 14.5 Å². The molecule has 0 radical (unpaired) electrons. The lowest BCUT2D eigenvalue weighted by Gasteiger charge is -2.08. The number of rotatable bonds is 1. The first-order chi connectivity index (χ1) is 11.2. The largest absolute Gasteiger partial charge is 0.398 e. The number of aromatic nitrogens is 3. The second-order valence-electron chi connectivity index (χ2n) is 5.22. The molecule has 0 aliphatic carbocycles. The van der Waals surface area contributed by atoms with E-state index in [4.69, 9.17) is 5.73 Å². The molecule has 1 aromatic carbocycles. The van der Waals surface area contributed by atoms with E-state index in [0.717, 1.165) is 38.7 Å². The van der Waals surface area contributed by atoms with Crippen molar-refractivity contribution in [1.29, 1.82) is 0 Å². The van der Waals surface area contributed by atoms with Crippen LogP contribution < -0.4 is 5.73 Å². The van der Waals surface area contributed by atoms with Gasteiger partial charge in [-0.25, -0.2) is 4.98 Å². The zero-order valence-electron chi connectivity index (χ0n) is 13.6. The summed E-state index contributed by atoms with van der Waals surface area (Å²) < 4.78 is 2.05. The third-order valence-corrected chi connectivity index (χ3v) is 3.83. The highest BCUT2D eigenvalue weighted by molar-refractivity contribution is 5.88. The van der Waals surface area contributed by atoms with Gasteiger partial charge in [0, 0.05) is 35.1 Å². The molecular formula is C19H20N4. The van der Waals surface area contributed by atoms with E-state index in [-0.39, 0.29) is 0 Å². The van der Waals surface area contributed by atoms with Gasteiger partial charge in [0.15, 0.2) is 0 Å². The van der Waals surface area contributed by atoms with Crippen LogP contribution in [0.4, 0.5) is 5.69 Å². The van der Waals surface area contributed by atoms with E-state index in [9.17, 15) is 0 Å². The van der Waals surface area contributed by atoms with E-state index in [0.29, 0.717) is 0 Å². The van der Waals surface area contributed by atoms with Crippen molar-refractivity contribution in [2.24, 2.45) is 0 Å². The second kappa shape index (κ2) is 6.08. The van der Waals surface area contributed by atoms with E-state index in [2.05, 4.69) is 28.2 Å². The molecule has 0 fully saturated rings. The maximum absolute atomic E-state index is 5.95. The fourth-order valence-electron chi connectivity index (χ4n) is 2.62. The third-order valence-electron chi connectivity index (χ3n) is 3.83. The van der Waals surface area contributed by atoms with E-state index in [1.54, 1.807) is 6.20 Å². The van der Waals surface area contributed by atoms with E-state index in [1.165, 1.54) is 0 Å². The highest BCUT2D eigenvalue weighted by Gasteiger charge is 2.06. The minimum absolute atomic E-state index is 0.799. The Morgan fingerprint density at radius 1 is 0.957 bits per heavy atom. The Labute approximate surface area is 135 Å². The number of benzene rings is 1.